The van der Waals surface area contributed by atoms with Gasteiger partial charge in [-0.1, -0.05) is 77.3 Å². The van der Waals surface area contributed by atoms with E-state index in [4.69, 9.17) is 0 Å². The van der Waals surface area contributed by atoms with E-state index in [-0.39, 0.29) is 24.0 Å². The first-order valence-electron chi connectivity index (χ1n) is 10.8. The zero-order valence-electron chi connectivity index (χ0n) is 17.5. The van der Waals surface area contributed by atoms with E-state index in [1.807, 2.05) is 0 Å². The predicted molar refractivity (Wildman–Crippen MR) is 112 cm³/mol. The maximum atomic E-state index is 12.8. The van der Waals surface area contributed by atoms with Crippen LogP contribution in [0.3, 0.4) is 0 Å². The highest BCUT2D eigenvalue weighted by Crippen LogP contribution is 2.19. The van der Waals surface area contributed by atoms with Crippen molar-refractivity contribution in [2.45, 2.75) is 90.5 Å². The zero-order valence-corrected chi connectivity index (χ0v) is 17.5. The van der Waals surface area contributed by atoms with Gasteiger partial charge in [-0.05, 0) is 30.5 Å². The summed E-state index contributed by atoms with van der Waals surface area (Å²) in [6, 6.07) is 5.47. The second-order valence-corrected chi connectivity index (χ2v) is 7.67. The topological polar surface area (TPSA) is 86.6 Å². The minimum atomic E-state index is -1.03. The standard InChI is InChI=1S/C23H37NO4/c1-3-5-7-9-11-19(12-10-8-6-4-2)22(26)24-21(23(27)28)17-18-13-15-20(25)16-14-18/h13-16,19,21,25H,3-12,17H2,1-2H3,(H,24,26)(H,27,28). The van der Waals surface area contributed by atoms with Crippen LogP contribution in [0.2, 0.25) is 0 Å². The van der Waals surface area contributed by atoms with Crippen LogP contribution in [0, 0.1) is 5.92 Å². The van der Waals surface area contributed by atoms with Crippen LogP contribution in [-0.4, -0.2) is 28.1 Å². The molecule has 0 fully saturated rings. The SMILES string of the molecule is CCCCCCC(CCCCCC)C(=O)NC(Cc1ccc(O)cc1)C(=O)O. The van der Waals surface area contributed by atoms with Gasteiger partial charge in [0.2, 0.25) is 5.91 Å². The Kier molecular flexibility index (Phi) is 12.0. The van der Waals surface area contributed by atoms with Crippen LogP contribution in [0.15, 0.2) is 24.3 Å². The summed E-state index contributed by atoms with van der Waals surface area (Å²) < 4.78 is 0. The number of carboxylic acid groups (broad SMARTS) is 1. The van der Waals surface area contributed by atoms with Gasteiger partial charge >= 0.3 is 5.97 Å². The Morgan fingerprint density at radius 1 is 0.893 bits per heavy atom. The Hall–Kier alpha value is -2.04. The molecule has 0 bridgehead atoms. The summed E-state index contributed by atoms with van der Waals surface area (Å²) in [6.45, 7) is 4.32. The number of hydrogen-bond donors (Lipinski definition) is 3. The average Bonchev–Trinajstić information content (AvgIpc) is 2.67. The molecule has 28 heavy (non-hydrogen) atoms. The first kappa shape index (κ1) is 24.0. The Morgan fingerprint density at radius 2 is 1.43 bits per heavy atom. The number of carbonyl (C=O) groups is 2. The molecule has 1 aromatic carbocycles. The zero-order chi connectivity index (χ0) is 20.8. The molecule has 1 aromatic rings. The number of phenols is 1. The predicted octanol–water partition coefficient (Wildman–Crippen LogP) is 5.06. The molecule has 0 saturated heterocycles. The lowest BCUT2D eigenvalue weighted by molar-refractivity contribution is -0.142. The maximum absolute atomic E-state index is 12.8. The molecule has 0 aliphatic heterocycles. The lowest BCUT2D eigenvalue weighted by Gasteiger charge is -2.21. The van der Waals surface area contributed by atoms with Gasteiger partial charge in [0.15, 0.2) is 0 Å². The van der Waals surface area contributed by atoms with Crippen molar-refractivity contribution in [3.8, 4) is 5.75 Å². The van der Waals surface area contributed by atoms with Gasteiger partial charge in [0.1, 0.15) is 11.8 Å². The fourth-order valence-electron chi connectivity index (χ4n) is 3.40. The van der Waals surface area contributed by atoms with E-state index >= 15 is 0 Å². The van der Waals surface area contributed by atoms with Crippen LogP contribution in [0.5, 0.6) is 5.75 Å². The van der Waals surface area contributed by atoms with Crippen LogP contribution < -0.4 is 5.32 Å². The fraction of sp³-hybridized carbons (Fsp3) is 0.652. The number of benzene rings is 1. The van der Waals surface area contributed by atoms with E-state index in [1.165, 1.54) is 25.0 Å². The second-order valence-electron chi connectivity index (χ2n) is 7.67. The largest absolute Gasteiger partial charge is 0.508 e. The molecule has 1 unspecified atom stereocenters. The van der Waals surface area contributed by atoms with Gasteiger partial charge in [0, 0.05) is 12.3 Å². The molecular formula is C23H37NO4. The summed E-state index contributed by atoms with van der Waals surface area (Å²) in [7, 11) is 0. The van der Waals surface area contributed by atoms with Crippen LogP contribution in [0.25, 0.3) is 0 Å². The van der Waals surface area contributed by atoms with Crippen molar-refractivity contribution in [2.24, 2.45) is 5.92 Å². The molecule has 5 heteroatoms. The normalized spacial score (nSPS) is 12.1. The summed E-state index contributed by atoms with van der Waals surface area (Å²) in [6.07, 6.45) is 10.8. The van der Waals surface area contributed by atoms with E-state index in [0.29, 0.717) is 0 Å². The smallest absolute Gasteiger partial charge is 0.326 e. The second kappa shape index (κ2) is 14.0. The third-order valence-electron chi connectivity index (χ3n) is 5.17. The third kappa shape index (κ3) is 9.77. The van der Waals surface area contributed by atoms with Gasteiger partial charge in [-0.3, -0.25) is 4.79 Å². The molecule has 5 nitrogen and oxygen atoms in total. The van der Waals surface area contributed by atoms with Gasteiger partial charge in [0.05, 0.1) is 0 Å². The van der Waals surface area contributed by atoms with Crippen molar-refractivity contribution >= 4 is 11.9 Å². The summed E-state index contributed by atoms with van der Waals surface area (Å²) >= 11 is 0. The van der Waals surface area contributed by atoms with Crippen molar-refractivity contribution in [1.82, 2.24) is 5.32 Å². The molecule has 158 valence electrons. The number of phenolic OH excluding ortho intramolecular Hbond substituents is 1. The van der Waals surface area contributed by atoms with Gasteiger partial charge in [-0.15, -0.1) is 0 Å². The van der Waals surface area contributed by atoms with Crippen molar-refractivity contribution in [2.75, 3.05) is 0 Å². The number of aliphatic carboxylic acids is 1. The van der Waals surface area contributed by atoms with Crippen molar-refractivity contribution in [3.63, 3.8) is 0 Å². The van der Waals surface area contributed by atoms with Gasteiger partial charge in [0.25, 0.3) is 0 Å². The number of carboxylic acids is 1. The number of nitrogens with one attached hydrogen (secondary N) is 1. The quantitative estimate of drug-likeness (QED) is 0.365. The lowest BCUT2D eigenvalue weighted by atomic mass is 9.93. The van der Waals surface area contributed by atoms with Gasteiger partial charge < -0.3 is 15.5 Å². The summed E-state index contributed by atoms with van der Waals surface area (Å²) in [5.41, 5.74) is 0.771. The molecule has 1 rings (SSSR count). The van der Waals surface area contributed by atoms with Crippen LogP contribution in [0.1, 0.15) is 83.6 Å². The molecule has 3 N–H and O–H groups in total. The highest BCUT2D eigenvalue weighted by atomic mass is 16.4. The lowest BCUT2D eigenvalue weighted by Crippen LogP contribution is -2.45. The minimum absolute atomic E-state index is 0.115. The maximum Gasteiger partial charge on any atom is 0.326 e. The van der Waals surface area contributed by atoms with Crippen LogP contribution in [0.4, 0.5) is 0 Å². The first-order chi connectivity index (χ1) is 13.5. The Bertz CT molecular complexity index is 558. The Morgan fingerprint density at radius 3 is 1.89 bits per heavy atom. The van der Waals surface area contributed by atoms with Gasteiger partial charge in [-0.2, -0.15) is 0 Å². The average molecular weight is 392 g/mol. The Labute approximate surface area is 169 Å². The number of amides is 1. The number of rotatable bonds is 15. The van der Waals surface area contributed by atoms with E-state index in [0.717, 1.165) is 56.9 Å². The molecule has 0 spiro atoms. The third-order valence-corrected chi connectivity index (χ3v) is 5.17. The minimum Gasteiger partial charge on any atom is -0.508 e. The molecule has 1 amide bonds. The summed E-state index contributed by atoms with van der Waals surface area (Å²) in [5, 5.41) is 21.7. The molecule has 1 atom stereocenters. The molecule has 0 aliphatic carbocycles. The number of hydrogen-bond acceptors (Lipinski definition) is 3. The van der Waals surface area contributed by atoms with E-state index in [9.17, 15) is 19.8 Å². The molecule has 0 radical (unpaired) electrons. The number of unbranched alkanes of at least 4 members (excludes halogenated alkanes) is 6. The highest BCUT2D eigenvalue weighted by Gasteiger charge is 2.25. The molecule has 0 saturated carbocycles. The molecule has 0 aromatic heterocycles. The monoisotopic (exact) mass is 391 g/mol. The molecule has 0 aliphatic rings. The molecular weight excluding hydrogens is 354 g/mol. The number of aromatic hydroxyl groups is 1. The van der Waals surface area contributed by atoms with Crippen LogP contribution >= 0.6 is 0 Å². The van der Waals surface area contributed by atoms with Crippen LogP contribution in [-0.2, 0) is 16.0 Å². The summed E-state index contributed by atoms with van der Waals surface area (Å²) in [4.78, 5) is 24.5. The fourth-order valence-corrected chi connectivity index (χ4v) is 3.40. The Balaban J connectivity index is 2.67. The highest BCUT2D eigenvalue weighted by molar-refractivity contribution is 5.85. The van der Waals surface area contributed by atoms with Crippen molar-refractivity contribution < 1.29 is 19.8 Å². The first-order valence-corrected chi connectivity index (χ1v) is 10.8. The van der Waals surface area contributed by atoms with Gasteiger partial charge in [-0.25, -0.2) is 4.79 Å². The molecule has 0 heterocycles. The van der Waals surface area contributed by atoms with Crippen molar-refractivity contribution in [3.05, 3.63) is 29.8 Å². The number of carbonyl (C=O) groups excluding carboxylic acids is 1. The van der Waals surface area contributed by atoms with E-state index in [2.05, 4.69) is 19.2 Å². The van der Waals surface area contributed by atoms with Crippen molar-refractivity contribution in [1.29, 1.82) is 0 Å². The van der Waals surface area contributed by atoms with E-state index in [1.54, 1.807) is 12.1 Å². The van der Waals surface area contributed by atoms with E-state index < -0.39 is 12.0 Å². The summed E-state index contributed by atoms with van der Waals surface area (Å²) in [5.74, 6) is -1.15.